The zero-order valence-electron chi connectivity index (χ0n) is 22.6. The van der Waals surface area contributed by atoms with Gasteiger partial charge in [-0.1, -0.05) is 67.5 Å². The molecule has 5 saturated carbocycles. The van der Waals surface area contributed by atoms with Crippen molar-refractivity contribution in [2.45, 2.75) is 126 Å². The molecule has 0 spiro atoms. The summed E-state index contributed by atoms with van der Waals surface area (Å²) in [6.45, 7) is 25.2. The van der Waals surface area contributed by atoms with Gasteiger partial charge in [0.2, 0.25) is 0 Å². The van der Waals surface area contributed by atoms with Crippen molar-refractivity contribution in [3.05, 3.63) is 12.2 Å². The molecule has 0 aromatic heterocycles. The summed E-state index contributed by atoms with van der Waals surface area (Å²) in [6, 6.07) is 0. The molecule has 0 aromatic rings. The molecule has 0 bridgehead atoms. The zero-order chi connectivity index (χ0) is 23.5. The average Bonchev–Trinajstić information content (AvgIpc) is 2.72. The van der Waals surface area contributed by atoms with Gasteiger partial charge in [0.05, 0.1) is 6.10 Å². The van der Waals surface area contributed by atoms with E-state index in [1.54, 1.807) is 0 Å². The Kier molecular flexibility index (Phi) is 4.89. The molecule has 0 aliphatic heterocycles. The van der Waals surface area contributed by atoms with Gasteiger partial charge in [-0.25, -0.2) is 0 Å². The van der Waals surface area contributed by atoms with Gasteiger partial charge in [0.25, 0.3) is 0 Å². The molecular formula is C31H52O. The van der Waals surface area contributed by atoms with Crippen molar-refractivity contribution in [3.63, 3.8) is 0 Å². The Labute approximate surface area is 199 Å². The topological polar surface area (TPSA) is 20.2 Å². The van der Waals surface area contributed by atoms with E-state index in [-0.39, 0.29) is 16.9 Å². The second-order valence-corrected chi connectivity index (χ2v) is 15.2. The Hall–Kier alpha value is -0.300. The summed E-state index contributed by atoms with van der Waals surface area (Å²) >= 11 is 0. The van der Waals surface area contributed by atoms with Gasteiger partial charge in [0, 0.05) is 0 Å². The number of hydrogen-bond acceptors (Lipinski definition) is 1. The van der Waals surface area contributed by atoms with E-state index in [4.69, 9.17) is 0 Å². The van der Waals surface area contributed by atoms with Crippen molar-refractivity contribution >= 4 is 0 Å². The first-order chi connectivity index (χ1) is 14.7. The van der Waals surface area contributed by atoms with E-state index in [1.807, 2.05) is 0 Å². The fourth-order valence-corrected chi connectivity index (χ4v) is 11.6. The Morgan fingerprint density at radius 3 is 2.09 bits per heavy atom. The standard InChI is InChI=1S/C31H52O/c1-20-12-14-27(5)16-17-28(6)22(25(27)21(20)2)10-11-23-29(28,7)18-19-31(9)26(3,4)24(32)13-15-30(23,31)8/h21-25,32H,1,10-19H2,2-9H3/t21-,22-,23+,24+,25+,27-,28-,29-,30-,31+/m1/s1. The fourth-order valence-electron chi connectivity index (χ4n) is 11.6. The highest BCUT2D eigenvalue weighted by Crippen LogP contribution is 2.79. The van der Waals surface area contributed by atoms with Crippen LogP contribution in [0.2, 0.25) is 0 Å². The maximum absolute atomic E-state index is 11.1. The van der Waals surface area contributed by atoms with Crippen molar-refractivity contribution in [3.8, 4) is 0 Å². The first-order valence-electron chi connectivity index (χ1n) is 14.0. The second kappa shape index (κ2) is 6.67. The van der Waals surface area contributed by atoms with E-state index in [9.17, 15) is 5.11 Å². The highest BCUT2D eigenvalue weighted by Gasteiger charge is 2.72. The molecular weight excluding hydrogens is 388 g/mol. The van der Waals surface area contributed by atoms with Crippen molar-refractivity contribution in [2.75, 3.05) is 0 Å². The highest BCUT2D eigenvalue weighted by molar-refractivity contribution is 5.23. The molecule has 5 aliphatic carbocycles. The lowest BCUT2D eigenvalue weighted by atomic mass is 9.28. The van der Waals surface area contributed by atoms with Gasteiger partial charge in [-0.3, -0.25) is 0 Å². The Morgan fingerprint density at radius 1 is 0.750 bits per heavy atom. The largest absolute Gasteiger partial charge is 0.393 e. The van der Waals surface area contributed by atoms with E-state index in [0.29, 0.717) is 27.6 Å². The zero-order valence-corrected chi connectivity index (χ0v) is 22.6. The lowest BCUT2D eigenvalue weighted by Crippen LogP contribution is -2.70. The van der Waals surface area contributed by atoms with Gasteiger partial charge in [-0.2, -0.15) is 0 Å². The summed E-state index contributed by atoms with van der Waals surface area (Å²) in [5.41, 5.74) is 3.48. The summed E-state index contributed by atoms with van der Waals surface area (Å²) < 4.78 is 0. The minimum Gasteiger partial charge on any atom is -0.393 e. The van der Waals surface area contributed by atoms with Gasteiger partial charge < -0.3 is 5.11 Å². The molecule has 1 N–H and O–H groups in total. The lowest BCUT2D eigenvalue weighted by molar-refractivity contribution is -0.282. The maximum Gasteiger partial charge on any atom is 0.0596 e. The van der Waals surface area contributed by atoms with Crippen LogP contribution in [0.25, 0.3) is 0 Å². The third kappa shape index (κ3) is 2.46. The van der Waals surface area contributed by atoms with Crippen LogP contribution in [0.5, 0.6) is 0 Å². The minimum absolute atomic E-state index is 0.000153. The predicted octanol–water partition coefficient (Wildman–Crippen LogP) is 8.41. The number of allylic oxidation sites excluding steroid dienone is 1. The van der Waals surface area contributed by atoms with E-state index in [0.717, 1.165) is 24.2 Å². The Bertz CT molecular complexity index is 811. The van der Waals surface area contributed by atoms with E-state index >= 15 is 0 Å². The maximum atomic E-state index is 11.1. The van der Waals surface area contributed by atoms with Gasteiger partial charge in [0.15, 0.2) is 0 Å². The van der Waals surface area contributed by atoms with E-state index < -0.39 is 0 Å². The Balaban J connectivity index is 1.57. The first-order valence-corrected chi connectivity index (χ1v) is 14.0. The molecule has 10 atom stereocenters. The quantitative estimate of drug-likeness (QED) is 0.375. The van der Waals surface area contributed by atoms with Crippen molar-refractivity contribution in [1.29, 1.82) is 0 Å². The van der Waals surface area contributed by atoms with Crippen LogP contribution in [0, 0.1) is 56.2 Å². The Morgan fingerprint density at radius 2 is 1.41 bits per heavy atom. The number of hydrogen-bond donors (Lipinski definition) is 1. The van der Waals surface area contributed by atoms with Gasteiger partial charge in [0.1, 0.15) is 0 Å². The van der Waals surface area contributed by atoms with E-state index in [1.165, 1.54) is 63.4 Å². The minimum atomic E-state index is -0.152. The third-order valence-corrected chi connectivity index (χ3v) is 14.7. The lowest BCUT2D eigenvalue weighted by Gasteiger charge is -2.76. The van der Waals surface area contributed by atoms with Crippen molar-refractivity contribution in [2.24, 2.45) is 56.2 Å². The molecule has 0 heterocycles. The van der Waals surface area contributed by atoms with Crippen molar-refractivity contribution < 1.29 is 5.11 Å². The first kappa shape index (κ1) is 23.4. The molecule has 1 heteroatoms. The molecule has 0 radical (unpaired) electrons. The number of aliphatic hydroxyl groups excluding tert-OH is 1. The molecule has 0 aromatic carbocycles. The summed E-state index contributed by atoms with van der Waals surface area (Å²) in [5.74, 6) is 3.15. The molecule has 0 amide bonds. The number of fused-ring (bicyclic) bond motifs is 7. The van der Waals surface area contributed by atoms with E-state index in [2.05, 4.69) is 62.0 Å². The average molecular weight is 441 g/mol. The molecule has 0 saturated heterocycles. The van der Waals surface area contributed by atoms with Crippen molar-refractivity contribution in [1.82, 2.24) is 0 Å². The van der Waals surface area contributed by atoms with Crippen LogP contribution in [0.1, 0.15) is 120 Å². The monoisotopic (exact) mass is 440 g/mol. The summed E-state index contributed by atoms with van der Waals surface area (Å²) in [7, 11) is 0. The molecule has 182 valence electrons. The molecule has 5 rings (SSSR count). The summed E-state index contributed by atoms with van der Waals surface area (Å²) in [6.07, 6.45) is 13.0. The predicted molar refractivity (Wildman–Crippen MR) is 135 cm³/mol. The molecule has 5 fully saturated rings. The van der Waals surface area contributed by atoms with Crippen LogP contribution < -0.4 is 0 Å². The normalized spacial score (nSPS) is 59.4. The fraction of sp³-hybridized carbons (Fsp3) is 0.935. The highest BCUT2D eigenvalue weighted by atomic mass is 16.3. The van der Waals surface area contributed by atoms with Crippen LogP contribution in [0.4, 0.5) is 0 Å². The van der Waals surface area contributed by atoms with Crippen LogP contribution in [0.15, 0.2) is 12.2 Å². The van der Waals surface area contributed by atoms with Crippen LogP contribution >= 0.6 is 0 Å². The second-order valence-electron chi connectivity index (χ2n) is 15.2. The molecule has 32 heavy (non-hydrogen) atoms. The summed E-state index contributed by atoms with van der Waals surface area (Å²) in [5, 5.41) is 11.1. The number of aliphatic hydroxyl groups is 1. The van der Waals surface area contributed by atoms with Gasteiger partial charge in [-0.05, 0) is 120 Å². The van der Waals surface area contributed by atoms with Crippen LogP contribution in [0.3, 0.4) is 0 Å². The summed E-state index contributed by atoms with van der Waals surface area (Å²) in [4.78, 5) is 0. The smallest absolute Gasteiger partial charge is 0.0596 e. The number of rotatable bonds is 0. The molecule has 5 aliphatic rings. The van der Waals surface area contributed by atoms with Crippen LogP contribution in [-0.2, 0) is 0 Å². The molecule has 0 unspecified atom stereocenters. The van der Waals surface area contributed by atoms with Gasteiger partial charge >= 0.3 is 0 Å². The molecule has 1 nitrogen and oxygen atoms in total. The van der Waals surface area contributed by atoms with Gasteiger partial charge in [-0.15, -0.1) is 0 Å². The van der Waals surface area contributed by atoms with Crippen LogP contribution in [-0.4, -0.2) is 11.2 Å². The SMILES string of the molecule is C=C1CC[C@]2(C)CC[C@]3(C)[C@H](CC[C@@H]4[C@@]5(C)CC[C@H](O)C(C)(C)[C@]5(C)CC[C@]43C)[C@@H]2[C@@H]1C. The third-order valence-electron chi connectivity index (χ3n) is 14.7.